The molecule has 4 heteroatoms. The molecular weight excluding hydrogens is 217 g/mol. The predicted molar refractivity (Wildman–Crippen MR) is 46.2 cm³/mol. The van der Waals surface area contributed by atoms with Crippen molar-refractivity contribution < 1.29 is 4.79 Å². The Balaban J connectivity index is 3.58. The maximum absolute atomic E-state index is 10.4. The van der Waals surface area contributed by atoms with Crippen LogP contribution in [-0.4, -0.2) is 11.8 Å². The summed E-state index contributed by atoms with van der Waals surface area (Å²) in [5.41, 5.74) is 4.93. The molecule has 0 aromatic carbocycles. The second-order valence-electron chi connectivity index (χ2n) is 1.75. The standard InChI is InChI=1S/C6H9BrClNO/c7-5(6(9)10)3-1-2-4-8/h3H,1-2,4H2,(H2,9,10). The van der Waals surface area contributed by atoms with Crippen LogP contribution in [0.3, 0.4) is 0 Å². The SMILES string of the molecule is NC(=O)C(Br)=CCCCCl. The number of carbonyl (C=O) groups excluding carboxylic acids is 1. The largest absolute Gasteiger partial charge is 0.365 e. The van der Waals surface area contributed by atoms with Gasteiger partial charge < -0.3 is 5.73 Å². The number of unbranched alkanes of at least 4 members (excludes halogenated alkanes) is 1. The maximum atomic E-state index is 10.4. The normalized spacial score (nSPS) is 11.6. The van der Waals surface area contributed by atoms with Crippen LogP contribution in [0.4, 0.5) is 0 Å². The fourth-order valence-corrected chi connectivity index (χ4v) is 0.790. The molecule has 10 heavy (non-hydrogen) atoms. The van der Waals surface area contributed by atoms with Crippen molar-refractivity contribution in [3.8, 4) is 0 Å². The van der Waals surface area contributed by atoms with E-state index in [1.807, 2.05) is 0 Å². The number of rotatable bonds is 4. The Hall–Kier alpha value is -0.0200. The highest BCUT2D eigenvalue weighted by atomic mass is 79.9. The van der Waals surface area contributed by atoms with E-state index in [0.717, 1.165) is 12.8 Å². The van der Waals surface area contributed by atoms with Crippen LogP contribution < -0.4 is 5.73 Å². The molecule has 0 rings (SSSR count). The van der Waals surface area contributed by atoms with Gasteiger partial charge in [0.25, 0.3) is 5.91 Å². The lowest BCUT2D eigenvalue weighted by molar-refractivity contribution is -0.113. The van der Waals surface area contributed by atoms with Crippen molar-refractivity contribution in [3.63, 3.8) is 0 Å². The van der Waals surface area contributed by atoms with Gasteiger partial charge in [-0.1, -0.05) is 6.08 Å². The molecule has 0 heterocycles. The molecule has 0 saturated carbocycles. The number of allylic oxidation sites excluding steroid dienone is 1. The van der Waals surface area contributed by atoms with E-state index in [2.05, 4.69) is 15.9 Å². The average Bonchev–Trinajstić information content (AvgIpc) is 1.88. The van der Waals surface area contributed by atoms with Crippen molar-refractivity contribution in [2.45, 2.75) is 12.8 Å². The number of amides is 1. The average molecular weight is 227 g/mol. The first-order valence-electron chi connectivity index (χ1n) is 2.90. The van der Waals surface area contributed by atoms with E-state index in [-0.39, 0.29) is 0 Å². The summed E-state index contributed by atoms with van der Waals surface area (Å²) < 4.78 is 0.428. The van der Waals surface area contributed by atoms with Crippen LogP contribution in [0.5, 0.6) is 0 Å². The molecule has 0 saturated heterocycles. The van der Waals surface area contributed by atoms with Crippen molar-refractivity contribution >= 4 is 33.4 Å². The van der Waals surface area contributed by atoms with Gasteiger partial charge in [-0.3, -0.25) is 4.79 Å². The van der Waals surface area contributed by atoms with Crippen molar-refractivity contribution in [3.05, 3.63) is 10.6 Å². The van der Waals surface area contributed by atoms with Crippen LogP contribution in [0.2, 0.25) is 0 Å². The highest BCUT2D eigenvalue weighted by molar-refractivity contribution is 9.12. The zero-order valence-electron chi connectivity index (χ0n) is 5.44. The molecule has 2 N–H and O–H groups in total. The fourth-order valence-electron chi connectivity index (χ4n) is 0.407. The third-order valence-corrected chi connectivity index (χ3v) is 1.88. The van der Waals surface area contributed by atoms with E-state index in [0.29, 0.717) is 10.4 Å². The summed E-state index contributed by atoms with van der Waals surface area (Å²) in [5, 5.41) is 0. The van der Waals surface area contributed by atoms with Gasteiger partial charge in [0, 0.05) is 5.88 Å². The highest BCUT2D eigenvalue weighted by Gasteiger charge is 1.96. The van der Waals surface area contributed by atoms with Gasteiger partial charge in [-0.05, 0) is 28.8 Å². The van der Waals surface area contributed by atoms with E-state index in [1.54, 1.807) is 6.08 Å². The second kappa shape index (κ2) is 5.74. The lowest BCUT2D eigenvalue weighted by atomic mass is 10.3. The molecule has 0 aromatic heterocycles. The van der Waals surface area contributed by atoms with Crippen LogP contribution in [0.15, 0.2) is 10.6 Å². The summed E-state index contributed by atoms with van der Waals surface area (Å²) >= 11 is 8.42. The number of hydrogen-bond donors (Lipinski definition) is 1. The summed E-state index contributed by atoms with van der Waals surface area (Å²) in [6.07, 6.45) is 3.38. The van der Waals surface area contributed by atoms with Crippen LogP contribution in [0.25, 0.3) is 0 Å². The van der Waals surface area contributed by atoms with Gasteiger partial charge in [0.15, 0.2) is 0 Å². The monoisotopic (exact) mass is 225 g/mol. The summed E-state index contributed by atoms with van der Waals surface area (Å²) in [5.74, 6) is 0.171. The Morgan fingerprint density at radius 2 is 2.30 bits per heavy atom. The van der Waals surface area contributed by atoms with Crippen LogP contribution in [0.1, 0.15) is 12.8 Å². The zero-order chi connectivity index (χ0) is 7.98. The third kappa shape index (κ3) is 4.82. The van der Waals surface area contributed by atoms with E-state index < -0.39 is 5.91 Å². The minimum absolute atomic E-state index is 0.428. The molecule has 58 valence electrons. The Labute approximate surface area is 73.5 Å². The Morgan fingerprint density at radius 1 is 1.70 bits per heavy atom. The molecular formula is C6H9BrClNO. The van der Waals surface area contributed by atoms with E-state index in [9.17, 15) is 4.79 Å². The molecule has 0 fully saturated rings. The smallest absolute Gasteiger partial charge is 0.255 e. The minimum atomic E-state index is -0.436. The lowest BCUT2D eigenvalue weighted by Gasteiger charge is -1.90. The van der Waals surface area contributed by atoms with E-state index in [4.69, 9.17) is 17.3 Å². The lowest BCUT2D eigenvalue weighted by Crippen LogP contribution is -2.09. The number of alkyl halides is 1. The molecule has 0 bridgehead atoms. The first-order chi connectivity index (χ1) is 4.68. The predicted octanol–water partition coefficient (Wildman–Crippen LogP) is 1.77. The summed E-state index contributed by atoms with van der Waals surface area (Å²) in [7, 11) is 0. The van der Waals surface area contributed by atoms with Crippen LogP contribution >= 0.6 is 27.5 Å². The number of carbonyl (C=O) groups is 1. The number of halogens is 2. The van der Waals surface area contributed by atoms with Crippen molar-refractivity contribution in [2.75, 3.05) is 5.88 Å². The molecule has 0 aliphatic heterocycles. The molecule has 0 unspecified atom stereocenters. The number of primary amides is 1. The fraction of sp³-hybridized carbons (Fsp3) is 0.500. The Bertz CT molecular complexity index is 147. The van der Waals surface area contributed by atoms with Crippen LogP contribution in [0, 0.1) is 0 Å². The summed E-state index contributed by atoms with van der Waals surface area (Å²) in [6.45, 7) is 0. The van der Waals surface area contributed by atoms with Crippen molar-refractivity contribution in [1.29, 1.82) is 0 Å². The van der Waals surface area contributed by atoms with Gasteiger partial charge in [0.1, 0.15) is 0 Å². The van der Waals surface area contributed by atoms with E-state index in [1.165, 1.54) is 0 Å². The van der Waals surface area contributed by atoms with Gasteiger partial charge >= 0.3 is 0 Å². The number of hydrogen-bond acceptors (Lipinski definition) is 1. The van der Waals surface area contributed by atoms with Gasteiger partial charge in [0.2, 0.25) is 0 Å². The molecule has 0 aromatic rings. The molecule has 0 aliphatic rings. The van der Waals surface area contributed by atoms with Gasteiger partial charge in [-0.15, -0.1) is 11.6 Å². The summed E-state index contributed by atoms with van der Waals surface area (Å²) in [4.78, 5) is 10.4. The minimum Gasteiger partial charge on any atom is -0.365 e. The van der Waals surface area contributed by atoms with Gasteiger partial charge in [0.05, 0.1) is 4.48 Å². The van der Waals surface area contributed by atoms with Crippen molar-refractivity contribution in [2.24, 2.45) is 5.73 Å². The van der Waals surface area contributed by atoms with Crippen molar-refractivity contribution in [1.82, 2.24) is 0 Å². The van der Waals surface area contributed by atoms with Gasteiger partial charge in [-0.25, -0.2) is 0 Å². The molecule has 0 aliphatic carbocycles. The zero-order valence-corrected chi connectivity index (χ0v) is 7.78. The second-order valence-corrected chi connectivity index (χ2v) is 2.98. The van der Waals surface area contributed by atoms with E-state index >= 15 is 0 Å². The molecule has 0 spiro atoms. The Kier molecular flexibility index (Phi) is 5.73. The molecule has 2 nitrogen and oxygen atoms in total. The highest BCUT2D eigenvalue weighted by Crippen LogP contribution is 2.06. The topological polar surface area (TPSA) is 43.1 Å². The maximum Gasteiger partial charge on any atom is 0.255 e. The third-order valence-electron chi connectivity index (χ3n) is 0.897. The molecule has 1 amide bonds. The Morgan fingerprint density at radius 3 is 2.70 bits per heavy atom. The first kappa shape index (κ1) is 9.98. The van der Waals surface area contributed by atoms with Gasteiger partial charge in [-0.2, -0.15) is 0 Å². The molecule has 0 atom stereocenters. The van der Waals surface area contributed by atoms with Crippen LogP contribution in [-0.2, 0) is 4.79 Å². The summed E-state index contributed by atoms with van der Waals surface area (Å²) in [6, 6.07) is 0. The molecule has 0 radical (unpaired) electrons. The first-order valence-corrected chi connectivity index (χ1v) is 4.22. The quantitative estimate of drug-likeness (QED) is 0.443. The number of nitrogens with two attached hydrogens (primary N) is 1.